The molecule has 2 heterocycles. The number of carbonyl (C=O) groups excluding carboxylic acids is 2. The summed E-state index contributed by atoms with van der Waals surface area (Å²) in [5.41, 5.74) is 1.27. The molecule has 1 aromatic carbocycles. The van der Waals surface area contributed by atoms with E-state index < -0.39 is 5.60 Å². The Morgan fingerprint density at radius 2 is 2.05 bits per heavy atom. The van der Waals surface area contributed by atoms with Gasteiger partial charge >= 0.3 is 6.09 Å². The van der Waals surface area contributed by atoms with E-state index in [0.717, 1.165) is 5.56 Å². The summed E-state index contributed by atoms with van der Waals surface area (Å²) in [6.07, 6.45) is 1.38. The van der Waals surface area contributed by atoms with Crippen LogP contribution in [-0.2, 0) is 4.74 Å². The molecule has 112 valence electrons. The monoisotopic (exact) mass is 289 g/mol. The summed E-state index contributed by atoms with van der Waals surface area (Å²) in [4.78, 5) is 25.6. The molecule has 1 fully saturated rings. The van der Waals surface area contributed by atoms with Crippen LogP contribution >= 0.6 is 0 Å². The Bertz CT molecular complexity index is 588. The number of aryl methyl sites for hydroxylation is 1. The van der Waals surface area contributed by atoms with E-state index in [1.54, 1.807) is 4.90 Å². The summed E-state index contributed by atoms with van der Waals surface area (Å²) in [5, 5.41) is 0. The van der Waals surface area contributed by atoms with E-state index in [9.17, 15) is 9.59 Å². The maximum Gasteiger partial charge on any atom is 0.409 e. The van der Waals surface area contributed by atoms with Crippen LogP contribution < -0.4 is 4.74 Å². The number of carbonyl (C=O) groups is 2. The van der Waals surface area contributed by atoms with Gasteiger partial charge in [0.2, 0.25) is 0 Å². The zero-order valence-corrected chi connectivity index (χ0v) is 12.3. The molecule has 0 N–H and O–H groups in total. The molecule has 3 rings (SSSR count). The van der Waals surface area contributed by atoms with Crippen molar-refractivity contribution in [1.82, 2.24) is 4.90 Å². The number of Topliss-reactive ketones (excluding diaryl/α,β-unsaturated/α-hetero) is 1. The van der Waals surface area contributed by atoms with Crippen molar-refractivity contribution in [2.75, 3.05) is 20.2 Å². The Morgan fingerprint density at radius 3 is 2.71 bits per heavy atom. The van der Waals surface area contributed by atoms with Crippen LogP contribution in [0, 0.1) is 6.92 Å². The number of amides is 1. The number of methoxy groups -OCH3 is 1. The van der Waals surface area contributed by atoms with Crippen LogP contribution in [0.25, 0.3) is 0 Å². The molecule has 2 aliphatic rings. The van der Waals surface area contributed by atoms with Gasteiger partial charge in [0.25, 0.3) is 0 Å². The number of ketones is 1. The van der Waals surface area contributed by atoms with E-state index >= 15 is 0 Å². The molecule has 1 aromatic rings. The summed E-state index contributed by atoms with van der Waals surface area (Å²) in [6, 6.07) is 5.71. The average Bonchev–Trinajstić information content (AvgIpc) is 2.48. The van der Waals surface area contributed by atoms with Gasteiger partial charge < -0.3 is 14.4 Å². The number of fused-ring (bicyclic) bond motifs is 1. The average molecular weight is 289 g/mol. The zero-order chi connectivity index (χ0) is 15.0. The fourth-order valence-electron chi connectivity index (χ4n) is 3.11. The first-order valence-electron chi connectivity index (χ1n) is 7.19. The lowest BCUT2D eigenvalue weighted by Gasteiger charge is -2.43. The lowest BCUT2D eigenvalue weighted by atomic mass is 9.82. The van der Waals surface area contributed by atoms with Crippen LogP contribution in [0.15, 0.2) is 18.2 Å². The maximum absolute atomic E-state index is 12.4. The van der Waals surface area contributed by atoms with Gasteiger partial charge in [-0.25, -0.2) is 4.79 Å². The molecule has 0 aliphatic carbocycles. The lowest BCUT2D eigenvalue weighted by molar-refractivity contribution is -0.00708. The number of hydrogen-bond acceptors (Lipinski definition) is 4. The smallest absolute Gasteiger partial charge is 0.409 e. The van der Waals surface area contributed by atoms with Crippen molar-refractivity contribution in [3.05, 3.63) is 29.3 Å². The van der Waals surface area contributed by atoms with Crippen LogP contribution in [0.1, 0.15) is 35.2 Å². The minimum absolute atomic E-state index is 0.131. The largest absolute Gasteiger partial charge is 0.486 e. The Labute approximate surface area is 123 Å². The Kier molecular flexibility index (Phi) is 3.35. The Morgan fingerprint density at radius 1 is 1.33 bits per heavy atom. The van der Waals surface area contributed by atoms with Crippen LogP contribution in [0.5, 0.6) is 5.75 Å². The van der Waals surface area contributed by atoms with Crippen molar-refractivity contribution in [3.8, 4) is 5.75 Å². The number of nitrogens with zero attached hydrogens (tertiary/aromatic N) is 1. The van der Waals surface area contributed by atoms with Gasteiger partial charge in [-0.15, -0.1) is 0 Å². The normalized spacial score (nSPS) is 19.9. The van der Waals surface area contributed by atoms with Crippen molar-refractivity contribution in [2.24, 2.45) is 0 Å². The molecule has 21 heavy (non-hydrogen) atoms. The quantitative estimate of drug-likeness (QED) is 0.736. The fraction of sp³-hybridized carbons (Fsp3) is 0.500. The van der Waals surface area contributed by atoms with E-state index in [2.05, 4.69) is 0 Å². The van der Waals surface area contributed by atoms with E-state index in [1.807, 2.05) is 25.1 Å². The predicted molar refractivity (Wildman–Crippen MR) is 76.7 cm³/mol. The maximum atomic E-state index is 12.4. The third kappa shape index (κ3) is 2.48. The van der Waals surface area contributed by atoms with Crippen LogP contribution in [0.2, 0.25) is 0 Å². The highest BCUT2D eigenvalue weighted by Gasteiger charge is 2.43. The van der Waals surface area contributed by atoms with Gasteiger partial charge in [-0.2, -0.15) is 0 Å². The number of ether oxygens (including phenoxy) is 2. The third-order valence-corrected chi connectivity index (χ3v) is 4.35. The molecular formula is C16H19NO4. The molecule has 0 aromatic heterocycles. The lowest BCUT2D eigenvalue weighted by Crippen LogP contribution is -2.52. The predicted octanol–water partition coefficient (Wildman–Crippen LogP) is 2.56. The first-order chi connectivity index (χ1) is 10.0. The van der Waals surface area contributed by atoms with E-state index in [4.69, 9.17) is 9.47 Å². The summed E-state index contributed by atoms with van der Waals surface area (Å²) in [6.45, 7) is 3.08. The van der Waals surface area contributed by atoms with Crippen LogP contribution in [0.4, 0.5) is 4.79 Å². The van der Waals surface area contributed by atoms with Gasteiger partial charge in [0.15, 0.2) is 5.78 Å². The topological polar surface area (TPSA) is 55.8 Å². The van der Waals surface area contributed by atoms with Crippen LogP contribution in [-0.4, -0.2) is 42.6 Å². The fourth-order valence-corrected chi connectivity index (χ4v) is 3.11. The number of piperidine rings is 1. The number of hydrogen-bond donors (Lipinski definition) is 0. The molecule has 2 aliphatic heterocycles. The molecule has 0 atom stereocenters. The molecule has 5 heteroatoms. The van der Waals surface area contributed by atoms with Gasteiger partial charge in [-0.05, 0) is 19.1 Å². The summed E-state index contributed by atoms with van der Waals surface area (Å²) in [7, 11) is 1.38. The van der Waals surface area contributed by atoms with E-state index in [1.165, 1.54) is 7.11 Å². The molecule has 0 bridgehead atoms. The molecule has 1 saturated heterocycles. The van der Waals surface area contributed by atoms with Crippen molar-refractivity contribution >= 4 is 11.9 Å². The summed E-state index contributed by atoms with van der Waals surface area (Å²) in [5.74, 6) is 0.801. The highest BCUT2D eigenvalue weighted by molar-refractivity contribution is 6.00. The molecule has 0 radical (unpaired) electrons. The van der Waals surface area contributed by atoms with Crippen molar-refractivity contribution in [1.29, 1.82) is 0 Å². The molecule has 0 unspecified atom stereocenters. The van der Waals surface area contributed by atoms with Gasteiger partial charge in [0, 0.05) is 25.9 Å². The molecule has 1 spiro atoms. The Hall–Kier alpha value is -2.04. The summed E-state index contributed by atoms with van der Waals surface area (Å²) < 4.78 is 10.9. The minimum atomic E-state index is -0.468. The van der Waals surface area contributed by atoms with Crippen molar-refractivity contribution in [3.63, 3.8) is 0 Å². The van der Waals surface area contributed by atoms with Crippen molar-refractivity contribution < 1.29 is 19.1 Å². The molecule has 1 amide bonds. The second-order valence-corrected chi connectivity index (χ2v) is 5.84. The number of likely N-dealkylation sites (tertiary alicyclic amines) is 1. The van der Waals surface area contributed by atoms with E-state index in [0.29, 0.717) is 43.7 Å². The SMILES string of the molecule is COC(=O)N1CCC2(CC1)CC(=O)c1cc(C)ccc1O2. The van der Waals surface area contributed by atoms with Gasteiger partial charge in [0.1, 0.15) is 11.4 Å². The van der Waals surface area contributed by atoms with Crippen molar-refractivity contribution in [2.45, 2.75) is 31.8 Å². The Balaban J connectivity index is 1.79. The highest BCUT2D eigenvalue weighted by Crippen LogP contribution is 2.39. The zero-order valence-electron chi connectivity index (χ0n) is 12.3. The molecular weight excluding hydrogens is 270 g/mol. The van der Waals surface area contributed by atoms with E-state index in [-0.39, 0.29) is 11.9 Å². The minimum Gasteiger partial charge on any atom is -0.486 e. The molecule has 5 nitrogen and oxygen atoms in total. The highest BCUT2D eigenvalue weighted by atomic mass is 16.5. The van der Waals surface area contributed by atoms with Crippen LogP contribution in [0.3, 0.4) is 0 Å². The second kappa shape index (κ2) is 5.06. The van der Waals surface area contributed by atoms with Gasteiger partial charge in [-0.3, -0.25) is 4.79 Å². The molecule has 0 saturated carbocycles. The summed E-state index contributed by atoms with van der Waals surface area (Å²) >= 11 is 0. The first kappa shape index (κ1) is 13.9. The second-order valence-electron chi connectivity index (χ2n) is 5.84. The number of benzene rings is 1. The first-order valence-corrected chi connectivity index (χ1v) is 7.19. The standard InChI is InChI=1S/C16H19NO4/c1-11-3-4-14-12(9-11)13(18)10-16(21-14)5-7-17(8-6-16)15(19)20-2/h3-4,9H,5-8,10H2,1-2H3. The van der Waals surface area contributed by atoms with Gasteiger partial charge in [0.05, 0.1) is 19.1 Å². The van der Waals surface area contributed by atoms with Gasteiger partial charge in [-0.1, -0.05) is 11.6 Å². The number of rotatable bonds is 0. The third-order valence-electron chi connectivity index (χ3n) is 4.35.